The van der Waals surface area contributed by atoms with E-state index in [4.69, 9.17) is 4.42 Å². The quantitative estimate of drug-likeness (QED) is 0.803. The third kappa shape index (κ3) is 2.87. The molecule has 0 aliphatic carbocycles. The van der Waals surface area contributed by atoms with Crippen LogP contribution in [0.25, 0.3) is 0 Å². The first-order valence-electron chi connectivity index (χ1n) is 4.81. The predicted molar refractivity (Wildman–Crippen MR) is 74.2 cm³/mol. The van der Waals surface area contributed by atoms with Crippen LogP contribution in [0.15, 0.2) is 45.7 Å². The Morgan fingerprint density at radius 1 is 1.38 bits per heavy atom. The van der Waals surface area contributed by atoms with E-state index in [1.807, 2.05) is 24.3 Å². The van der Waals surface area contributed by atoms with Crippen molar-refractivity contribution in [2.24, 2.45) is 0 Å². The number of furan rings is 1. The molecule has 0 bridgehead atoms. The molecule has 2 rings (SSSR count). The van der Waals surface area contributed by atoms with Gasteiger partial charge in [-0.15, -0.1) is 0 Å². The molecule has 2 aromatic rings. The number of aliphatic hydroxyl groups is 1. The Morgan fingerprint density at radius 3 is 2.88 bits per heavy atom. The van der Waals surface area contributed by atoms with E-state index in [1.54, 1.807) is 12.5 Å². The first-order chi connectivity index (χ1) is 7.66. The summed E-state index contributed by atoms with van der Waals surface area (Å²) in [6.07, 6.45) is 3.35. The Labute approximate surface area is 116 Å². The van der Waals surface area contributed by atoms with Gasteiger partial charge in [0.05, 0.1) is 18.6 Å². The first-order valence-corrected chi connectivity index (χ1v) is 6.68. The summed E-state index contributed by atoms with van der Waals surface area (Å²) in [7, 11) is 0. The van der Waals surface area contributed by atoms with E-state index in [0.717, 1.165) is 19.2 Å². The Hall–Kier alpha value is -0.330. The first kappa shape index (κ1) is 12.1. The van der Waals surface area contributed by atoms with Crippen molar-refractivity contribution < 1.29 is 9.52 Å². The van der Waals surface area contributed by atoms with Crippen LogP contribution in [0.1, 0.15) is 17.2 Å². The van der Waals surface area contributed by atoms with Crippen molar-refractivity contribution in [2.75, 3.05) is 0 Å². The summed E-state index contributed by atoms with van der Waals surface area (Å²) in [6.45, 7) is 0. The van der Waals surface area contributed by atoms with Crippen LogP contribution in [0.5, 0.6) is 0 Å². The standard InChI is InChI=1S/C12H10BrIO2/c13-9-1-2-11(14)10(6-9)12(15)5-8-3-4-16-7-8/h1-4,6-7,12,15H,5H2. The Bertz CT molecular complexity index is 468. The highest BCUT2D eigenvalue weighted by molar-refractivity contribution is 14.1. The minimum absolute atomic E-state index is 0.498. The lowest BCUT2D eigenvalue weighted by atomic mass is 10.0. The fourth-order valence-corrected chi connectivity index (χ4v) is 2.59. The SMILES string of the molecule is OC(Cc1ccoc1)c1cc(Br)ccc1I. The van der Waals surface area contributed by atoms with Gasteiger partial charge in [0.2, 0.25) is 0 Å². The molecule has 1 aromatic carbocycles. The third-order valence-corrected chi connectivity index (χ3v) is 3.80. The summed E-state index contributed by atoms with van der Waals surface area (Å²) in [5, 5.41) is 10.1. The van der Waals surface area contributed by atoms with Gasteiger partial charge in [-0.05, 0) is 58.0 Å². The van der Waals surface area contributed by atoms with Gasteiger partial charge in [0, 0.05) is 14.5 Å². The monoisotopic (exact) mass is 392 g/mol. The zero-order valence-electron chi connectivity index (χ0n) is 8.36. The molecule has 1 atom stereocenters. The van der Waals surface area contributed by atoms with Crippen LogP contribution in [0.2, 0.25) is 0 Å². The highest BCUT2D eigenvalue weighted by Crippen LogP contribution is 2.26. The second-order valence-corrected chi connectivity index (χ2v) is 5.60. The summed E-state index contributed by atoms with van der Waals surface area (Å²) in [6, 6.07) is 7.77. The van der Waals surface area contributed by atoms with E-state index in [1.165, 1.54) is 0 Å². The molecule has 1 aromatic heterocycles. The van der Waals surface area contributed by atoms with Gasteiger partial charge >= 0.3 is 0 Å². The normalized spacial score (nSPS) is 12.7. The van der Waals surface area contributed by atoms with Crippen LogP contribution in [-0.4, -0.2) is 5.11 Å². The summed E-state index contributed by atoms with van der Waals surface area (Å²) in [4.78, 5) is 0. The third-order valence-electron chi connectivity index (χ3n) is 2.33. The summed E-state index contributed by atoms with van der Waals surface area (Å²) < 4.78 is 7.03. The van der Waals surface area contributed by atoms with Crippen molar-refractivity contribution in [2.45, 2.75) is 12.5 Å². The maximum Gasteiger partial charge on any atom is 0.0935 e. The molecule has 2 nitrogen and oxygen atoms in total. The number of halogens is 2. The van der Waals surface area contributed by atoms with Crippen LogP contribution in [0.4, 0.5) is 0 Å². The minimum Gasteiger partial charge on any atom is -0.472 e. The van der Waals surface area contributed by atoms with E-state index >= 15 is 0 Å². The van der Waals surface area contributed by atoms with Crippen molar-refractivity contribution in [3.63, 3.8) is 0 Å². The van der Waals surface area contributed by atoms with Gasteiger partial charge in [0.25, 0.3) is 0 Å². The number of aliphatic hydroxyl groups excluding tert-OH is 1. The minimum atomic E-state index is -0.498. The number of hydrogen-bond acceptors (Lipinski definition) is 2. The molecule has 0 fully saturated rings. The van der Waals surface area contributed by atoms with Crippen molar-refractivity contribution in [3.8, 4) is 0 Å². The Kier molecular flexibility index (Phi) is 4.05. The molecule has 1 unspecified atom stereocenters. The average Bonchev–Trinajstić information content (AvgIpc) is 2.74. The predicted octanol–water partition coefficient (Wildman–Crippen LogP) is 3.92. The van der Waals surface area contributed by atoms with Gasteiger partial charge in [-0.25, -0.2) is 0 Å². The second-order valence-electron chi connectivity index (χ2n) is 3.52. The van der Waals surface area contributed by atoms with Crippen molar-refractivity contribution in [1.29, 1.82) is 0 Å². The fourth-order valence-electron chi connectivity index (χ4n) is 1.51. The fraction of sp³-hybridized carbons (Fsp3) is 0.167. The van der Waals surface area contributed by atoms with Gasteiger partial charge in [0.1, 0.15) is 0 Å². The molecule has 0 aliphatic heterocycles. The summed E-state index contributed by atoms with van der Waals surface area (Å²) in [5.74, 6) is 0. The molecule has 84 valence electrons. The van der Waals surface area contributed by atoms with Crippen molar-refractivity contribution in [3.05, 3.63) is 56.0 Å². The lowest BCUT2D eigenvalue weighted by Crippen LogP contribution is -2.03. The molecule has 0 radical (unpaired) electrons. The van der Waals surface area contributed by atoms with Crippen LogP contribution in [-0.2, 0) is 6.42 Å². The molecule has 0 saturated heterocycles. The van der Waals surface area contributed by atoms with Gasteiger partial charge in [-0.2, -0.15) is 0 Å². The highest BCUT2D eigenvalue weighted by atomic mass is 127. The molecule has 16 heavy (non-hydrogen) atoms. The van der Waals surface area contributed by atoms with E-state index in [2.05, 4.69) is 38.5 Å². The smallest absolute Gasteiger partial charge is 0.0935 e. The zero-order chi connectivity index (χ0) is 11.5. The van der Waals surface area contributed by atoms with Crippen LogP contribution < -0.4 is 0 Å². The molecule has 0 saturated carbocycles. The largest absolute Gasteiger partial charge is 0.472 e. The lowest BCUT2D eigenvalue weighted by molar-refractivity contribution is 0.177. The molecule has 0 amide bonds. The Morgan fingerprint density at radius 2 is 2.19 bits per heavy atom. The topological polar surface area (TPSA) is 33.4 Å². The molecule has 1 N–H and O–H groups in total. The number of benzene rings is 1. The highest BCUT2D eigenvalue weighted by Gasteiger charge is 2.13. The van der Waals surface area contributed by atoms with Gasteiger partial charge < -0.3 is 9.52 Å². The van der Waals surface area contributed by atoms with Crippen LogP contribution in [0.3, 0.4) is 0 Å². The maximum absolute atomic E-state index is 10.1. The molecule has 0 aliphatic rings. The average molecular weight is 393 g/mol. The van der Waals surface area contributed by atoms with Gasteiger partial charge in [-0.3, -0.25) is 0 Å². The van der Waals surface area contributed by atoms with E-state index < -0.39 is 6.10 Å². The van der Waals surface area contributed by atoms with E-state index in [9.17, 15) is 5.11 Å². The van der Waals surface area contributed by atoms with Gasteiger partial charge in [0.15, 0.2) is 0 Å². The molecular weight excluding hydrogens is 383 g/mol. The lowest BCUT2D eigenvalue weighted by Gasteiger charge is -2.12. The van der Waals surface area contributed by atoms with Crippen LogP contribution >= 0.6 is 38.5 Å². The van der Waals surface area contributed by atoms with E-state index in [-0.39, 0.29) is 0 Å². The molecular formula is C12H10BrIO2. The second kappa shape index (κ2) is 5.33. The molecule has 0 spiro atoms. The van der Waals surface area contributed by atoms with Gasteiger partial charge in [-0.1, -0.05) is 15.9 Å². The van der Waals surface area contributed by atoms with Crippen molar-refractivity contribution in [1.82, 2.24) is 0 Å². The van der Waals surface area contributed by atoms with Crippen molar-refractivity contribution >= 4 is 38.5 Å². The number of rotatable bonds is 3. The maximum atomic E-state index is 10.1. The molecule has 1 heterocycles. The Balaban J connectivity index is 2.20. The molecule has 4 heteroatoms. The number of hydrogen-bond donors (Lipinski definition) is 1. The van der Waals surface area contributed by atoms with E-state index in [0.29, 0.717) is 6.42 Å². The van der Waals surface area contributed by atoms with Crippen LogP contribution in [0, 0.1) is 3.57 Å². The zero-order valence-corrected chi connectivity index (χ0v) is 12.1. The summed E-state index contributed by atoms with van der Waals surface area (Å²) in [5.41, 5.74) is 1.94. The summed E-state index contributed by atoms with van der Waals surface area (Å²) >= 11 is 5.64.